The standard InChI is InChI=1S/C23H15F2N2/c1-12-3-5-17-16-6-4-14(24)10-18(16)27-19-11-15(25)9-13-7-8-26(2)23(21(13)19)20(12)22(17)27/h3-11H,1-2H3/q+1. The Morgan fingerprint density at radius 2 is 1.59 bits per heavy atom. The van der Waals surface area contributed by atoms with E-state index in [9.17, 15) is 8.78 Å². The number of hydrogen-bond donors (Lipinski definition) is 0. The van der Waals surface area contributed by atoms with Crippen LogP contribution in [0.2, 0.25) is 0 Å². The lowest BCUT2D eigenvalue weighted by Gasteiger charge is -2.12. The Labute approximate surface area is 153 Å². The number of fused-ring (bicyclic) bond motifs is 5. The van der Waals surface area contributed by atoms with Gasteiger partial charge in [-0.3, -0.25) is 0 Å². The molecule has 0 unspecified atom stereocenters. The first kappa shape index (κ1) is 14.9. The van der Waals surface area contributed by atoms with Crippen molar-refractivity contribution in [1.82, 2.24) is 4.40 Å². The summed E-state index contributed by atoms with van der Waals surface area (Å²) in [5, 5.41) is 4.99. The summed E-state index contributed by atoms with van der Waals surface area (Å²) in [5.41, 5.74) is 4.75. The number of halogens is 2. The van der Waals surface area contributed by atoms with Crippen LogP contribution in [-0.2, 0) is 7.05 Å². The van der Waals surface area contributed by atoms with Gasteiger partial charge < -0.3 is 4.40 Å². The molecule has 0 N–H and O–H groups in total. The van der Waals surface area contributed by atoms with Crippen LogP contribution < -0.4 is 4.57 Å². The van der Waals surface area contributed by atoms with Crippen molar-refractivity contribution in [1.29, 1.82) is 0 Å². The molecule has 0 fully saturated rings. The fourth-order valence-electron chi connectivity index (χ4n) is 4.65. The van der Waals surface area contributed by atoms with Crippen LogP contribution in [0.15, 0.2) is 54.7 Å². The Hall–Kier alpha value is -3.27. The second-order valence-electron chi connectivity index (χ2n) is 7.31. The van der Waals surface area contributed by atoms with Crippen molar-refractivity contribution in [3.63, 3.8) is 0 Å². The highest BCUT2D eigenvalue weighted by Gasteiger charge is 2.24. The van der Waals surface area contributed by atoms with Crippen molar-refractivity contribution < 1.29 is 13.3 Å². The monoisotopic (exact) mass is 357 g/mol. The SMILES string of the molecule is Cc1ccc2c3ccc(F)cc3n3c4cc(F)cc5cc[n+](C)c(c1c23)c54. The molecule has 0 bridgehead atoms. The number of aromatic nitrogens is 2. The first-order valence-corrected chi connectivity index (χ1v) is 8.90. The second-order valence-corrected chi connectivity index (χ2v) is 7.31. The molecule has 0 saturated heterocycles. The van der Waals surface area contributed by atoms with Gasteiger partial charge in [0.1, 0.15) is 18.7 Å². The third kappa shape index (κ3) is 1.70. The molecule has 3 heterocycles. The van der Waals surface area contributed by atoms with Crippen LogP contribution >= 0.6 is 0 Å². The maximum atomic E-state index is 14.5. The van der Waals surface area contributed by atoms with Gasteiger partial charge in [-0.25, -0.2) is 13.3 Å². The van der Waals surface area contributed by atoms with E-state index in [-0.39, 0.29) is 11.6 Å². The number of nitrogens with zero attached hydrogens (tertiary/aromatic N) is 2. The van der Waals surface area contributed by atoms with Crippen molar-refractivity contribution in [2.75, 3.05) is 0 Å². The molecule has 6 rings (SSSR count). The second kappa shape index (κ2) is 4.71. The van der Waals surface area contributed by atoms with Crippen molar-refractivity contribution in [3.8, 4) is 0 Å². The Balaban J connectivity index is 2.15. The molecule has 0 atom stereocenters. The Bertz CT molecular complexity index is 1560. The summed E-state index contributed by atoms with van der Waals surface area (Å²) in [4.78, 5) is 0. The molecule has 130 valence electrons. The fourth-order valence-corrected chi connectivity index (χ4v) is 4.65. The number of aryl methyl sites for hydroxylation is 2. The van der Waals surface area contributed by atoms with E-state index in [4.69, 9.17) is 0 Å². The molecule has 6 aromatic rings. The van der Waals surface area contributed by atoms with Gasteiger partial charge in [-0.1, -0.05) is 12.1 Å². The van der Waals surface area contributed by atoms with E-state index in [0.29, 0.717) is 0 Å². The zero-order valence-corrected chi connectivity index (χ0v) is 14.8. The highest BCUT2D eigenvalue weighted by Crippen LogP contribution is 2.40. The lowest BCUT2D eigenvalue weighted by Crippen LogP contribution is -2.28. The first-order valence-electron chi connectivity index (χ1n) is 8.90. The fraction of sp³-hybridized carbons (Fsp3) is 0.0870. The molecule has 0 aliphatic heterocycles. The van der Waals surface area contributed by atoms with E-state index >= 15 is 0 Å². The molecule has 2 nitrogen and oxygen atoms in total. The summed E-state index contributed by atoms with van der Waals surface area (Å²) in [7, 11) is 2.01. The summed E-state index contributed by atoms with van der Waals surface area (Å²) in [6.07, 6.45) is 1.97. The predicted octanol–water partition coefficient (Wildman–Crippen LogP) is 5.40. The maximum absolute atomic E-state index is 14.5. The van der Waals surface area contributed by atoms with E-state index in [1.54, 1.807) is 18.2 Å². The molecular weight excluding hydrogens is 342 g/mol. The van der Waals surface area contributed by atoms with Gasteiger partial charge in [0.25, 0.3) is 0 Å². The van der Waals surface area contributed by atoms with Crippen LogP contribution in [0.1, 0.15) is 5.56 Å². The van der Waals surface area contributed by atoms with E-state index in [2.05, 4.69) is 23.6 Å². The molecule has 0 radical (unpaired) electrons. The maximum Gasteiger partial charge on any atom is 0.224 e. The normalized spacial score (nSPS) is 12.4. The molecule has 27 heavy (non-hydrogen) atoms. The van der Waals surface area contributed by atoms with Crippen molar-refractivity contribution in [3.05, 3.63) is 71.9 Å². The third-order valence-corrected chi connectivity index (χ3v) is 5.76. The summed E-state index contributed by atoms with van der Waals surface area (Å²) in [6.45, 7) is 2.09. The van der Waals surface area contributed by atoms with Gasteiger partial charge in [0.05, 0.1) is 27.3 Å². The zero-order chi connectivity index (χ0) is 18.4. The highest BCUT2D eigenvalue weighted by atomic mass is 19.1. The largest absolute Gasteiger partial charge is 0.307 e. The van der Waals surface area contributed by atoms with Gasteiger partial charge >= 0.3 is 0 Å². The van der Waals surface area contributed by atoms with E-state index in [0.717, 1.165) is 54.6 Å². The molecular formula is C23H15F2N2+. The highest BCUT2D eigenvalue weighted by molar-refractivity contribution is 6.25. The molecule has 3 aromatic carbocycles. The van der Waals surface area contributed by atoms with Crippen molar-refractivity contribution in [2.24, 2.45) is 7.05 Å². The smallest absolute Gasteiger partial charge is 0.224 e. The summed E-state index contributed by atoms with van der Waals surface area (Å²) < 4.78 is 32.7. The lowest BCUT2D eigenvalue weighted by molar-refractivity contribution is -0.643. The number of rotatable bonds is 0. The Morgan fingerprint density at radius 3 is 2.44 bits per heavy atom. The summed E-state index contributed by atoms with van der Waals surface area (Å²) >= 11 is 0. The van der Waals surface area contributed by atoms with Crippen LogP contribution in [0.25, 0.3) is 49.0 Å². The van der Waals surface area contributed by atoms with Crippen LogP contribution in [0.5, 0.6) is 0 Å². The minimum atomic E-state index is -0.295. The Morgan fingerprint density at radius 1 is 0.815 bits per heavy atom. The summed E-state index contributed by atoms with van der Waals surface area (Å²) in [6, 6.07) is 14.1. The average molecular weight is 357 g/mol. The number of benzene rings is 3. The third-order valence-electron chi connectivity index (χ3n) is 5.76. The number of hydrogen-bond acceptors (Lipinski definition) is 0. The predicted molar refractivity (Wildman–Crippen MR) is 104 cm³/mol. The van der Waals surface area contributed by atoms with Crippen LogP contribution in [0.3, 0.4) is 0 Å². The minimum Gasteiger partial charge on any atom is -0.307 e. The Kier molecular flexibility index (Phi) is 2.59. The van der Waals surface area contributed by atoms with E-state index in [1.807, 2.05) is 29.8 Å². The van der Waals surface area contributed by atoms with Gasteiger partial charge in [0.15, 0.2) is 6.20 Å². The van der Waals surface area contributed by atoms with E-state index in [1.165, 1.54) is 6.07 Å². The van der Waals surface area contributed by atoms with Gasteiger partial charge in [-0.2, -0.15) is 0 Å². The van der Waals surface area contributed by atoms with Gasteiger partial charge in [-0.15, -0.1) is 0 Å². The van der Waals surface area contributed by atoms with Crippen LogP contribution in [-0.4, -0.2) is 4.40 Å². The van der Waals surface area contributed by atoms with Gasteiger partial charge in [0.2, 0.25) is 5.52 Å². The van der Waals surface area contributed by atoms with E-state index < -0.39 is 0 Å². The zero-order valence-electron chi connectivity index (χ0n) is 14.8. The molecule has 3 aromatic heterocycles. The molecule has 0 spiro atoms. The van der Waals surface area contributed by atoms with Crippen molar-refractivity contribution in [2.45, 2.75) is 6.92 Å². The molecule has 0 amide bonds. The quantitative estimate of drug-likeness (QED) is 0.195. The molecule has 0 aliphatic rings. The topological polar surface area (TPSA) is 8.29 Å². The lowest BCUT2D eigenvalue weighted by atomic mass is 10.00. The molecule has 0 saturated carbocycles. The van der Waals surface area contributed by atoms with Gasteiger partial charge in [-0.05, 0) is 48.2 Å². The number of pyridine rings is 2. The van der Waals surface area contributed by atoms with Crippen molar-refractivity contribution >= 4 is 49.0 Å². The average Bonchev–Trinajstić information content (AvgIpc) is 2.96. The summed E-state index contributed by atoms with van der Waals surface area (Å²) in [5.74, 6) is -0.586. The molecule has 4 heteroatoms. The molecule has 0 aliphatic carbocycles. The first-order chi connectivity index (χ1) is 13.0. The van der Waals surface area contributed by atoms with Gasteiger partial charge in [0, 0.05) is 16.8 Å². The van der Waals surface area contributed by atoms with Crippen LogP contribution in [0.4, 0.5) is 8.78 Å². The minimum absolute atomic E-state index is 0.292. The van der Waals surface area contributed by atoms with Crippen LogP contribution in [0, 0.1) is 18.6 Å².